The molecule has 0 bridgehead atoms. The van der Waals surface area contributed by atoms with E-state index in [0.717, 1.165) is 61.6 Å². The molecule has 1 fully saturated rings. The monoisotopic (exact) mass is 641 g/mol. The fourth-order valence-corrected chi connectivity index (χ4v) is 6.40. The second-order valence-corrected chi connectivity index (χ2v) is 11.9. The predicted octanol–water partition coefficient (Wildman–Crippen LogP) is 6.08. The van der Waals surface area contributed by atoms with E-state index in [0.29, 0.717) is 41.9 Å². The van der Waals surface area contributed by atoms with Crippen molar-refractivity contribution in [2.24, 2.45) is 0 Å². The highest BCUT2D eigenvalue weighted by atomic mass is 16.5. The molecule has 3 aromatic carbocycles. The summed E-state index contributed by atoms with van der Waals surface area (Å²) in [6.07, 6.45) is 4.89. The Bertz CT molecular complexity index is 1620. The van der Waals surface area contributed by atoms with Gasteiger partial charge in [0, 0.05) is 50.7 Å². The molecule has 1 saturated heterocycles. The van der Waals surface area contributed by atoms with Crippen molar-refractivity contribution in [1.82, 2.24) is 19.4 Å². The largest absolute Gasteiger partial charge is 0.497 e. The van der Waals surface area contributed by atoms with Crippen molar-refractivity contribution in [3.8, 4) is 23.0 Å². The van der Waals surface area contributed by atoms with E-state index < -0.39 is 0 Å². The number of carbonyl (C=O) groups is 1. The van der Waals surface area contributed by atoms with Gasteiger partial charge in [0.1, 0.15) is 5.75 Å². The third-order valence-corrected chi connectivity index (χ3v) is 9.02. The molecule has 0 aliphatic carbocycles. The molecular formula is C37H47N5O5. The van der Waals surface area contributed by atoms with Crippen molar-refractivity contribution in [1.29, 1.82) is 0 Å². The number of benzene rings is 3. The molecule has 5 rings (SSSR count). The van der Waals surface area contributed by atoms with Gasteiger partial charge in [0.25, 0.3) is 5.91 Å². The van der Waals surface area contributed by atoms with E-state index in [1.54, 1.807) is 45.5 Å². The number of likely N-dealkylation sites (N-methyl/N-ethyl adjacent to an activating group) is 1. The van der Waals surface area contributed by atoms with Gasteiger partial charge in [-0.3, -0.25) is 4.79 Å². The number of nitrogens with zero attached hydrogens (tertiary/aromatic N) is 4. The first-order valence-electron chi connectivity index (χ1n) is 16.1. The summed E-state index contributed by atoms with van der Waals surface area (Å²) in [7, 11) is 8.16. The van der Waals surface area contributed by atoms with Crippen LogP contribution in [0.4, 0.5) is 5.95 Å². The van der Waals surface area contributed by atoms with Crippen molar-refractivity contribution in [3.05, 3.63) is 84.4 Å². The molecule has 1 amide bonds. The highest BCUT2D eigenvalue weighted by molar-refractivity contribution is 5.95. The average molecular weight is 642 g/mol. The first-order chi connectivity index (χ1) is 22.9. The van der Waals surface area contributed by atoms with Crippen molar-refractivity contribution in [3.63, 3.8) is 0 Å². The maximum atomic E-state index is 13.7. The average Bonchev–Trinajstić information content (AvgIpc) is 3.46. The summed E-state index contributed by atoms with van der Waals surface area (Å²) in [5.74, 6) is 3.09. The molecule has 10 heteroatoms. The minimum atomic E-state index is -0.114. The summed E-state index contributed by atoms with van der Waals surface area (Å²) in [6, 6.07) is 20.2. The molecule has 4 aromatic rings. The van der Waals surface area contributed by atoms with E-state index >= 15 is 0 Å². The van der Waals surface area contributed by atoms with E-state index in [1.807, 2.05) is 37.4 Å². The van der Waals surface area contributed by atoms with Crippen molar-refractivity contribution in [2.45, 2.75) is 37.8 Å². The molecule has 1 aliphatic rings. The maximum absolute atomic E-state index is 13.7. The predicted molar refractivity (Wildman–Crippen MR) is 186 cm³/mol. The Balaban J connectivity index is 1.24. The number of nitrogens with one attached hydrogen (secondary N) is 1. The fourth-order valence-electron chi connectivity index (χ4n) is 6.40. The van der Waals surface area contributed by atoms with E-state index in [1.165, 1.54) is 5.56 Å². The number of imidazole rings is 1. The van der Waals surface area contributed by atoms with Crippen LogP contribution in [-0.4, -0.2) is 93.0 Å². The molecule has 47 heavy (non-hydrogen) atoms. The normalized spacial score (nSPS) is 14.4. The number of rotatable bonds is 15. The Morgan fingerprint density at radius 1 is 1.00 bits per heavy atom. The standard InChI is InChI=1S/C37H47N5O5/c1-7-19-42-32-11-9-8-10-31(32)39-37(42)38-29-17-21-41(22-18-29)20-16-27(26-12-14-30(44-3)15-13-26)25-40(2)36(43)28-23-33(45-4)35(47-6)34(24-28)46-5/h7-15,23-24,27,29H,1,16-22,25H2,2-6H3,(H,38,39). The number of piperidine rings is 1. The van der Waals surface area contributed by atoms with Gasteiger partial charge in [-0.15, -0.1) is 6.58 Å². The Labute approximate surface area is 277 Å². The van der Waals surface area contributed by atoms with Gasteiger partial charge in [-0.05, 0) is 67.8 Å². The van der Waals surface area contributed by atoms with Gasteiger partial charge in [0.15, 0.2) is 11.5 Å². The number of hydrogen-bond donors (Lipinski definition) is 1. The van der Waals surface area contributed by atoms with E-state index in [-0.39, 0.29) is 11.8 Å². The van der Waals surface area contributed by atoms with Gasteiger partial charge < -0.3 is 38.6 Å². The van der Waals surface area contributed by atoms with Crippen LogP contribution in [0.5, 0.6) is 23.0 Å². The third kappa shape index (κ3) is 7.82. The fraction of sp³-hybridized carbons (Fsp3) is 0.405. The maximum Gasteiger partial charge on any atom is 0.253 e. The van der Waals surface area contributed by atoms with Crippen molar-refractivity contribution >= 4 is 22.9 Å². The van der Waals surface area contributed by atoms with Crippen molar-refractivity contribution in [2.75, 3.05) is 67.0 Å². The van der Waals surface area contributed by atoms with Crippen LogP contribution in [0.3, 0.4) is 0 Å². The number of ether oxygens (including phenoxy) is 4. The van der Waals surface area contributed by atoms with Crippen molar-refractivity contribution < 1.29 is 23.7 Å². The zero-order valence-corrected chi connectivity index (χ0v) is 28.2. The summed E-state index contributed by atoms with van der Waals surface area (Å²) < 4.78 is 24.0. The Morgan fingerprint density at radius 2 is 1.68 bits per heavy atom. The number of anilines is 1. The van der Waals surface area contributed by atoms with Crippen LogP contribution in [0, 0.1) is 0 Å². The Hall–Kier alpha value is -4.70. The number of aromatic nitrogens is 2. The second kappa shape index (κ2) is 15.7. The lowest BCUT2D eigenvalue weighted by atomic mass is 9.93. The molecule has 250 valence electrons. The van der Waals surface area contributed by atoms with E-state index in [9.17, 15) is 4.79 Å². The first-order valence-corrected chi connectivity index (χ1v) is 16.1. The minimum absolute atomic E-state index is 0.114. The molecule has 0 saturated carbocycles. The quantitative estimate of drug-likeness (QED) is 0.156. The molecule has 2 heterocycles. The van der Waals surface area contributed by atoms with Crippen LogP contribution in [0.25, 0.3) is 11.0 Å². The van der Waals surface area contributed by atoms with Gasteiger partial charge in [0.2, 0.25) is 11.7 Å². The van der Waals surface area contributed by atoms with Gasteiger partial charge in [0.05, 0.1) is 39.5 Å². The van der Waals surface area contributed by atoms with Crippen LogP contribution in [-0.2, 0) is 6.54 Å². The van der Waals surface area contributed by atoms with E-state index in [4.69, 9.17) is 23.9 Å². The van der Waals surface area contributed by atoms with Crippen LogP contribution in [0.2, 0.25) is 0 Å². The molecule has 1 aromatic heterocycles. The highest BCUT2D eigenvalue weighted by Crippen LogP contribution is 2.38. The molecule has 1 aliphatic heterocycles. The molecular weight excluding hydrogens is 594 g/mol. The molecule has 1 N–H and O–H groups in total. The Kier molecular flexibility index (Phi) is 11.3. The van der Waals surface area contributed by atoms with Gasteiger partial charge in [-0.1, -0.05) is 30.3 Å². The first kappa shape index (κ1) is 33.7. The summed E-state index contributed by atoms with van der Waals surface area (Å²) >= 11 is 0. The summed E-state index contributed by atoms with van der Waals surface area (Å²) in [4.78, 5) is 22.9. The number of hydrogen-bond acceptors (Lipinski definition) is 8. The third-order valence-electron chi connectivity index (χ3n) is 9.02. The summed E-state index contributed by atoms with van der Waals surface area (Å²) in [5, 5.41) is 3.72. The van der Waals surface area contributed by atoms with Gasteiger partial charge >= 0.3 is 0 Å². The molecule has 0 radical (unpaired) electrons. The van der Waals surface area contributed by atoms with Crippen LogP contribution < -0.4 is 24.3 Å². The van der Waals surface area contributed by atoms with Crippen LogP contribution >= 0.6 is 0 Å². The van der Waals surface area contributed by atoms with Gasteiger partial charge in [-0.25, -0.2) is 4.98 Å². The number of allylic oxidation sites excluding steroid dienone is 1. The number of amides is 1. The van der Waals surface area contributed by atoms with Gasteiger partial charge in [-0.2, -0.15) is 0 Å². The zero-order chi connectivity index (χ0) is 33.3. The number of carbonyl (C=O) groups excluding carboxylic acids is 1. The number of para-hydroxylation sites is 2. The summed E-state index contributed by atoms with van der Waals surface area (Å²) in [6.45, 7) is 8.14. The number of methoxy groups -OCH3 is 4. The lowest BCUT2D eigenvalue weighted by Gasteiger charge is -2.34. The molecule has 0 spiro atoms. The smallest absolute Gasteiger partial charge is 0.253 e. The highest BCUT2D eigenvalue weighted by Gasteiger charge is 2.25. The summed E-state index contributed by atoms with van der Waals surface area (Å²) in [5.41, 5.74) is 3.76. The van der Waals surface area contributed by atoms with E-state index in [2.05, 4.69) is 45.6 Å². The number of likely N-dealkylation sites (tertiary alicyclic amines) is 1. The lowest BCUT2D eigenvalue weighted by molar-refractivity contribution is 0.0781. The molecule has 1 atom stereocenters. The SMILES string of the molecule is C=CCn1c(NC2CCN(CCC(CN(C)C(=O)c3cc(OC)c(OC)c(OC)c3)c3ccc(OC)cc3)CC2)nc2ccccc21. The Morgan fingerprint density at radius 3 is 2.30 bits per heavy atom. The molecule has 1 unspecified atom stereocenters. The topological polar surface area (TPSA) is 90.3 Å². The van der Waals surface area contributed by atoms with Crippen LogP contribution in [0.1, 0.15) is 41.1 Å². The minimum Gasteiger partial charge on any atom is -0.497 e. The number of fused-ring (bicyclic) bond motifs is 1. The second-order valence-electron chi connectivity index (χ2n) is 11.9. The zero-order valence-electron chi connectivity index (χ0n) is 28.2. The lowest BCUT2D eigenvalue weighted by Crippen LogP contribution is -2.40. The van der Waals surface area contributed by atoms with Crippen LogP contribution in [0.15, 0.2) is 73.3 Å². The molecule has 10 nitrogen and oxygen atoms in total.